The Hall–Kier alpha value is -5.00. The molecule has 1 aliphatic heterocycles. The molecule has 0 unspecified atom stereocenters. The SMILES string of the molecule is CC1(CNC(=O)c2ccccc2)COC(c2nc(-c3ccc(F)cc3)c(-c3ccnc(NCc4cccnc4)n3)[nH]2)OC1. The first-order chi connectivity index (χ1) is 21.0. The monoisotopic (exact) mass is 579 g/mol. The normalized spacial score (nSPS) is 18.2. The van der Waals surface area contributed by atoms with Gasteiger partial charge in [-0.05, 0) is 54.1 Å². The maximum atomic E-state index is 13.8. The van der Waals surface area contributed by atoms with Gasteiger partial charge in [-0.25, -0.2) is 19.3 Å². The molecular formula is C32H30FN7O3. The molecule has 6 rings (SSSR count). The zero-order chi connectivity index (χ0) is 29.6. The second-order valence-corrected chi connectivity index (χ2v) is 10.6. The third-order valence-corrected chi connectivity index (χ3v) is 7.03. The first-order valence-corrected chi connectivity index (χ1v) is 13.8. The van der Waals surface area contributed by atoms with Gasteiger partial charge in [0.05, 0.1) is 30.3 Å². The van der Waals surface area contributed by atoms with E-state index in [1.165, 1.54) is 12.1 Å². The molecule has 0 aliphatic carbocycles. The number of rotatable bonds is 9. The number of ether oxygens (including phenoxy) is 2. The molecule has 0 atom stereocenters. The van der Waals surface area contributed by atoms with E-state index < -0.39 is 11.7 Å². The quantitative estimate of drug-likeness (QED) is 0.219. The van der Waals surface area contributed by atoms with Crippen LogP contribution < -0.4 is 10.6 Å². The lowest BCUT2D eigenvalue weighted by atomic mass is 9.92. The van der Waals surface area contributed by atoms with Crippen LogP contribution in [0.25, 0.3) is 22.6 Å². The second kappa shape index (κ2) is 12.5. The van der Waals surface area contributed by atoms with Crippen LogP contribution in [0.15, 0.2) is 91.4 Å². The Balaban J connectivity index is 1.20. The summed E-state index contributed by atoms with van der Waals surface area (Å²) in [6.07, 6.45) is 4.39. The van der Waals surface area contributed by atoms with Gasteiger partial charge in [-0.1, -0.05) is 31.2 Å². The summed E-state index contributed by atoms with van der Waals surface area (Å²) in [5.41, 5.74) is 3.63. The Bertz CT molecular complexity index is 1670. The van der Waals surface area contributed by atoms with Crippen molar-refractivity contribution in [3.63, 3.8) is 0 Å². The van der Waals surface area contributed by atoms with Crippen LogP contribution in [0.3, 0.4) is 0 Å². The molecule has 5 aromatic rings. The van der Waals surface area contributed by atoms with E-state index in [1.54, 1.807) is 48.9 Å². The fourth-order valence-corrected chi connectivity index (χ4v) is 4.66. The van der Waals surface area contributed by atoms with Crippen LogP contribution in [-0.4, -0.2) is 50.6 Å². The van der Waals surface area contributed by atoms with Crippen LogP contribution in [0.5, 0.6) is 0 Å². The largest absolute Gasteiger partial charge is 0.351 e. The van der Waals surface area contributed by atoms with Gasteiger partial charge in [0.1, 0.15) is 5.82 Å². The van der Waals surface area contributed by atoms with Crippen molar-refractivity contribution in [3.8, 4) is 22.6 Å². The molecule has 1 aliphatic rings. The molecule has 218 valence electrons. The smallest absolute Gasteiger partial charge is 0.251 e. The molecule has 11 heteroatoms. The number of aromatic amines is 1. The minimum absolute atomic E-state index is 0.150. The number of hydrogen-bond acceptors (Lipinski definition) is 8. The molecular weight excluding hydrogens is 549 g/mol. The zero-order valence-corrected chi connectivity index (χ0v) is 23.5. The third kappa shape index (κ3) is 6.74. The molecule has 0 radical (unpaired) electrons. The van der Waals surface area contributed by atoms with Gasteiger partial charge in [-0.15, -0.1) is 0 Å². The van der Waals surface area contributed by atoms with Gasteiger partial charge in [-0.3, -0.25) is 9.78 Å². The van der Waals surface area contributed by atoms with Gasteiger partial charge in [0.2, 0.25) is 12.2 Å². The minimum atomic E-state index is -0.768. The number of benzene rings is 2. The van der Waals surface area contributed by atoms with E-state index in [2.05, 4.69) is 25.6 Å². The van der Waals surface area contributed by atoms with Gasteiger partial charge < -0.3 is 25.1 Å². The lowest BCUT2D eigenvalue weighted by Gasteiger charge is -2.36. The standard InChI is InChI=1S/C32H30FN7O3/c1-32(18-37-29(41)23-7-3-2-4-8-23)19-42-30(43-20-32)28-39-26(22-9-11-24(33)12-10-22)27(40-28)25-13-15-35-31(38-25)36-17-21-6-5-14-34-16-21/h2-16,30H,17-20H2,1H3,(H,37,41)(H,39,40)(H,35,36,38). The Morgan fingerprint density at radius 3 is 2.53 bits per heavy atom. The van der Waals surface area contributed by atoms with Gasteiger partial charge in [0.15, 0.2) is 5.82 Å². The van der Waals surface area contributed by atoms with Crippen LogP contribution >= 0.6 is 0 Å². The lowest BCUT2D eigenvalue weighted by molar-refractivity contribution is -0.231. The summed E-state index contributed by atoms with van der Waals surface area (Å²) in [6, 6.07) is 20.8. The molecule has 1 fully saturated rings. The van der Waals surface area contributed by atoms with Crippen molar-refractivity contribution in [1.82, 2.24) is 30.2 Å². The highest BCUT2D eigenvalue weighted by molar-refractivity contribution is 5.94. The molecule has 1 saturated heterocycles. The average Bonchev–Trinajstić information content (AvgIpc) is 3.50. The number of H-pyrrole nitrogens is 1. The predicted octanol–water partition coefficient (Wildman–Crippen LogP) is 5.16. The highest BCUT2D eigenvalue weighted by Crippen LogP contribution is 2.35. The number of pyridine rings is 1. The molecule has 43 heavy (non-hydrogen) atoms. The van der Waals surface area contributed by atoms with Crippen molar-refractivity contribution in [2.45, 2.75) is 19.8 Å². The van der Waals surface area contributed by atoms with E-state index in [1.807, 2.05) is 37.3 Å². The van der Waals surface area contributed by atoms with E-state index in [0.717, 1.165) is 5.56 Å². The van der Waals surface area contributed by atoms with Crippen molar-refractivity contribution in [1.29, 1.82) is 0 Å². The Morgan fingerprint density at radius 2 is 1.79 bits per heavy atom. The van der Waals surface area contributed by atoms with Crippen LogP contribution in [-0.2, 0) is 16.0 Å². The van der Waals surface area contributed by atoms with Crippen molar-refractivity contribution in [2.24, 2.45) is 5.41 Å². The van der Waals surface area contributed by atoms with Crippen LogP contribution in [0.4, 0.5) is 10.3 Å². The summed E-state index contributed by atoms with van der Waals surface area (Å²) in [7, 11) is 0. The molecule has 0 saturated carbocycles. The molecule has 1 amide bonds. The molecule has 3 N–H and O–H groups in total. The van der Waals surface area contributed by atoms with Crippen molar-refractivity contribution in [3.05, 3.63) is 114 Å². The topological polar surface area (TPSA) is 127 Å². The van der Waals surface area contributed by atoms with Crippen molar-refractivity contribution >= 4 is 11.9 Å². The minimum Gasteiger partial charge on any atom is -0.351 e. The van der Waals surface area contributed by atoms with Gasteiger partial charge in [0.25, 0.3) is 5.91 Å². The Morgan fingerprint density at radius 1 is 1.00 bits per heavy atom. The summed E-state index contributed by atoms with van der Waals surface area (Å²) in [4.78, 5) is 33.9. The summed E-state index contributed by atoms with van der Waals surface area (Å²) in [5.74, 6) is 0.388. The van der Waals surface area contributed by atoms with E-state index in [9.17, 15) is 9.18 Å². The van der Waals surface area contributed by atoms with Gasteiger partial charge in [0, 0.05) is 48.2 Å². The van der Waals surface area contributed by atoms with Crippen LogP contribution in [0.2, 0.25) is 0 Å². The number of amides is 1. The summed E-state index contributed by atoms with van der Waals surface area (Å²) < 4.78 is 26.0. The van der Waals surface area contributed by atoms with Crippen LogP contribution in [0, 0.1) is 11.2 Å². The molecule has 3 aromatic heterocycles. The van der Waals surface area contributed by atoms with E-state index in [-0.39, 0.29) is 11.7 Å². The van der Waals surface area contributed by atoms with Crippen molar-refractivity contribution in [2.75, 3.05) is 25.1 Å². The summed E-state index contributed by atoms with van der Waals surface area (Å²) >= 11 is 0. The predicted molar refractivity (Wildman–Crippen MR) is 158 cm³/mol. The number of imidazole rings is 1. The molecule has 0 spiro atoms. The molecule has 4 heterocycles. The first-order valence-electron chi connectivity index (χ1n) is 13.8. The van der Waals surface area contributed by atoms with Crippen LogP contribution in [0.1, 0.15) is 35.0 Å². The summed E-state index contributed by atoms with van der Waals surface area (Å²) in [5, 5.41) is 6.20. The van der Waals surface area contributed by atoms with E-state index in [0.29, 0.717) is 66.3 Å². The average molecular weight is 580 g/mol. The number of halogens is 1. The zero-order valence-electron chi connectivity index (χ0n) is 23.5. The third-order valence-electron chi connectivity index (χ3n) is 7.03. The fraction of sp³-hybridized carbons (Fsp3) is 0.219. The maximum absolute atomic E-state index is 13.8. The van der Waals surface area contributed by atoms with E-state index >= 15 is 0 Å². The van der Waals surface area contributed by atoms with Gasteiger partial charge in [-0.2, -0.15) is 0 Å². The fourth-order valence-electron chi connectivity index (χ4n) is 4.66. The highest BCUT2D eigenvalue weighted by Gasteiger charge is 2.35. The van der Waals surface area contributed by atoms with Crippen molar-refractivity contribution < 1.29 is 18.7 Å². The highest BCUT2D eigenvalue weighted by atomic mass is 19.1. The Kier molecular flexibility index (Phi) is 8.16. The molecule has 2 aromatic carbocycles. The molecule has 0 bridgehead atoms. The number of aromatic nitrogens is 5. The number of nitrogens with zero attached hydrogens (tertiary/aromatic N) is 4. The number of hydrogen-bond donors (Lipinski definition) is 3. The summed E-state index contributed by atoms with van der Waals surface area (Å²) in [6.45, 7) is 3.56. The van der Waals surface area contributed by atoms with E-state index in [4.69, 9.17) is 19.4 Å². The number of carbonyl (C=O) groups is 1. The number of nitrogens with one attached hydrogen (secondary N) is 3. The molecule has 10 nitrogen and oxygen atoms in total. The Labute approximate surface area is 247 Å². The second-order valence-electron chi connectivity index (χ2n) is 10.6. The number of carbonyl (C=O) groups excluding carboxylic acids is 1. The lowest BCUT2D eigenvalue weighted by Crippen LogP contribution is -2.45. The number of anilines is 1. The maximum Gasteiger partial charge on any atom is 0.251 e. The first kappa shape index (κ1) is 28.1. The van der Waals surface area contributed by atoms with Gasteiger partial charge >= 0.3 is 0 Å².